The van der Waals surface area contributed by atoms with Gasteiger partial charge in [0, 0.05) is 0 Å². The molecule has 0 fully saturated rings. The zero-order chi connectivity index (χ0) is 11.8. The molecule has 11 heteroatoms. The van der Waals surface area contributed by atoms with Crippen LogP contribution in [-0.4, -0.2) is 18.0 Å². The third kappa shape index (κ3) is 2.53. The van der Waals surface area contributed by atoms with Crippen molar-refractivity contribution in [3.05, 3.63) is 0 Å². The first-order valence-corrected chi connectivity index (χ1v) is 3.62. The molecular formula is C3H2F8N2S. The number of nitrogens with zero attached hydrogens (tertiary/aromatic N) is 1. The SMILES string of the molecule is NC(N=S(F)F)(C(F)(F)F)C(F)(F)F. The van der Waals surface area contributed by atoms with E-state index in [2.05, 4.69) is 5.73 Å². The standard InChI is InChI=1S/C3H2F8N2S/c4-2(5,6)1(12,3(7,8)9)13-14(10)11/h12H2. The molecule has 0 amide bonds. The molecule has 2 nitrogen and oxygen atoms in total. The van der Waals surface area contributed by atoms with Crippen LogP contribution in [0.2, 0.25) is 0 Å². The number of nitrogens with two attached hydrogens (primary N) is 1. The second-order valence-corrected chi connectivity index (χ2v) is 2.62. The topological polar surface area (TPSA) is 38.4 Å². The molecule has 0 unspecified atom stereocenters. The minimum Gasteiger partial charge on any atom is -0.291 e. The third-order valence-electron chi connectivity index (χ3n) is 1.08. The lowest BCUT2D eigenvalue weighted by molar-refractivity contribution is -0.292. The molecule has 0 bridgehead atoms. The van der Waals surface area contributed by atoms with Crippen LogP contribution in [0.25, 0.3) is 0 Å². The molecule has 0 heterocycles. The summed E-state index contributed by atoms with van der Waals surface area (Å²) in [7, 11) is 0. The van der Waals surface area contributed by atoms with Crippen LogP contribution in [0.5, 0.6) is 0 Å². The zero-order valence-electron chi connectivity index (χ0n) is 5.96. The van der Waals surface area contributed by atoms with E-state index in [1.807, 2.05) is 0 Å². The van der Waals surface area contributed by atoms with Crippen LogP contribution >= 0.6 is 0 Å². The van der Waals surface area contributed by atoms with E-state index >= 15 is 0 Å². The zero-order valence-corrected chi connectivity index (χ0v) is 6.77. The van der Waals surface area contributed by atoms with Crippen molar-refractivity contribution in [1.29, 1.82) is 0 Å². The van der Waals surface area contributed by atoms with Crippen molar-refractivity contribution >= 4 is 11.5 Å². The van der Waals surface area contributed by atoms with Crippen molar-refractivity contribution in [3.8, 4) is 0 Å². The lowest BCUT2D eigenvalue weighted by atomic mass is 10.2. The molecule has 0 aliphatic carbocycles. The van der Waals surface area contributed by atoms with Crippen molar-refractivity contribution in [2.75, 3.05) is 0 Å². The van der Waals surface area contributed by atoms with Crippen molar-refractivity contribution in [3.63, 3.8) is 0 Å². The molecule has 0 aromatic carbocycles. The number of halogens is 8. The van der Waals surface area contributed by atoms with Gasteiger partial charge in [-0.2, -0.15) is 30.7 Å². The van der Waals surface area contributed by atoms with Gasteiger partial charge in [0.15, 0.2) is 0 Å². The number of hydrogen-bond donors (Lipinski definition) is 1. The normalized spacial score (nSPS) is 14.7. The van der Waals surface area contributed by atoms with E-state index in [0.717, 1.165) is 0 Å². The highest BCUT2D eigenvalue weighted by atomic mass is 32.2. The molecule has 0 rings (SSSR count). The van der Waals surface area contributed by atoms with Gasteiger partial charge in [-0.15, -0.1) is 7.77 Å². The van der Waals surface area contributed by atoms with Gasteiger partial charge in [0.2, 0.25) is 0 Å². The predicted molar refractivity (Wildman–Crippen MR) is 31.0 cm³/mol. The lowest BCUT2D eigenvalue weighted by Gasteiger charge is -2.28. The molecular weight excluding hydrogens is 248 g/mol. The highest BCUT2D eigenvalue weighted by Crippen LogP contribution is 2.42. The fourth-order valence-electron chi connectivity index (χ4n) is 0.373. The molecule has 0 atom stereocenters. The molecule has 0 saturated carbocycles. The van der Waals surface area contributed by atoms with E-state index in [0.29, 0.717) is 0 Å². The Labute approximate surface area is 74.8 Å². The summed E-state index contributed by atoms with van der Waals surface area (Å²) in [4.78, 5) is 0. The first kappa shape index (κ1) is 13.5. The average molecular weight is 250 g/mol. The fraction of sp³-hybridized carbons (Fsp3) is 1.00. The minimum absolute atomic E-state index is 1.17. The summed E-state index contributed by atoms with van der Waals surface area (Å²) in [5.41, 5.74) is -1.45. The maximum atomic E-state index is 11.7. The largest absolute Gasteiger partial charge is 0.436 e. The van der Waals surface area contributed by atoms with Crippen molar-refractivity contribution < 1.29 is 34.1 Å². The molecule has 0 aromatic rings. The Hall–Kier alpha value is -0.450. The van der Waals surface area contributed by atoms with E-state index in [4.69, 9.17) is 0 Å². The Kier molecular flexibility index (Phi) is 3.49. The number of hydrogen-bond acceptors (Lipinski definition) is 2. The predicted octanol–water partition coefficient (Wildman–Crippen LogP) is 2.34. The molecule has 0 aliphatic rings. The minimum atomic E-state index is -6.12. The Morgan fingerprint density at radius 3 is 1.21 bits per heavy atom. The third-order valence-corrected chi connectivity index (χ3v) is 1.50. The maximum absolute atomic E-state index is 11.7. The summed E-state index contributed by atoms with van der Waals surface area (Å²) in [6.45, 7) is 0. The van der Waals surface area contributed by atoms with Gasteiger partial charge in [-0.1, -0.05) is 0 Å². The Morgan fingerprint density at radius 1 is 0.857 bits per heavy atom. The van der Waals surface area contributed by atoms with Crippen LogP contribution in [0.15, 0.2) is 4.36 Å². The van der Waals surface area contributed by atoms with Gasteiger partial charge in [0.1, 0.15) is 0 Å². The quantitative estimate of drug-likeness (QED) is 0.712. The summed E-state index contributed by atoms with van der Waals surface area (Å²) in [6.07, 6.45) is -12.2. The molecule has 14 heavy (non-hydrogen) atoms. The first-order valence-electron chi connectivity index (χ1n) is 2.64. The van der Waals surface area contributed by atoms with Crippen molar-refractivity contribution in [1.82, 2.24) is 0 Å². The van der Waals surface area contributed by atoms with Gasteiger partial charge in [-0.05, 0) is 0 Å². The van der Waals surface area contributed by atoms with Crippen LogP contribution < -0.4 is 5.73 Å². The lowest BCUT2D eigenvalue weighted by Crippen LogP contribution is -2.62. The van der Waals surface area contributed by atoms with Crippen molar-refractivity contribution in [2.24, 2.45) is 10.1 Å². The Morgan fingerprint density at radius 2 is 1.14 bits per heavy atom. The van der Waals surface area contributed by atoms with Crippen LogP contribution in [0, 0.1) is 0 Å². The Balaban J connectivity index is 5.41. The van der Waals surface area contributed by atoms with E-state index in [9.17, 15) is 34.1 Å². The van der Waals surface area contributed by atoms with E-state index in [-0.39, 0.29) is 0 Å². The second kappa shape index (κ2) is 3.61. The fourth-order valence-corrected chi connectivity index (χ4v) is 0.798. The molecule has 0 spiro atoms. The molecule has 0 saturated heterocycles. The summed E-state index contributed by atoms with van der Waals surface area (Å²) < 4.78 is 94.1. The van der Waals surface area contributed by atoms with Gasteiger partial charge >= 0.3 is 18.0 Å². The monoisotopic (exact) mass is 250 g/mol. The van der Waals surface area contributed by atoms with Crippen LogP contribution in [0.1, 0.15) is 0 Å². The van der Waals surface area contributed by atoms with Gasteiger partial charge in [0.05, 0.1) is 0 Å². The summed E-state index contributed by atoms with van der Waals surface area (Å²) in [5, 5.41) is 0. The Bertz CT molecular complexity index is 222. The second-order valence-electron chi connectivity index (χ2n) is 2.05. The highest BCUT2D eigenvalue weighted by Gasteiger charge is 2.70. The molecule has 0 radical (unpaired) electrons. The first-order chi connectivity index (χ1) is 5.92. The van der Waals surface area contributed by atoms with Crippen molar-refractivity contribution in [2.45, 2.75) is 18.0 Å². The van der Waals surface area contributed by atoms with Crippen LogP contribution in [0.3, 0.4) is 0 Å². The average Bonchev–Trinajstić information content (AvgIpc) is 1.79. The van der Waals surface area contributed by atoms with Crippen LogP contribution in [-0.2, 0) is 11.5 Å². The number of rotatable bonds is 1. The van der Waals surface area contributed by atoms with Gasteiger partial charge in [-0.25, -0.2) is 0 Å². The number of alkyl halides is 6. The van der Waals surface area contributed by atoms with E-state index < -0.39 is 29.5 Å². The summed E-state index contributed by atoms with van der Waals surface area (Å²) in [5.74, 6) is 0. The van der Waals surface area contributed by atoms with Gasteiger partial charge in [0.25, 0.3) is 11.5 Å². The maximum Gasteiger partial charge on any atom is 0.436 e. The van der Waals surface area contributed by atoms with Gasteiger partial charge in [-0.3, -0.25) is 5.73 Å². The van der Waals surface area contributed by atoms with Crippen LogP contribution in [0.4, 0.5) is 34.1 Å². The molecule has 86 valence electrons. The molecule has 0 aromatic heterocycles. The van der Waals surface area contributed by atoms with E-state index in [1.54, 1.807) is 0 Å². The highest BCUT2D eigenvalue weighted by molar-refractivity contribution is 7.76. The summed E-state index contributed by atoms with van der Waals surface area (Å²) >= 11 is -4.42. The van der Waals surface area contributed by atoms with E-state index in [1.165, 1.54) is 4.36 Å². The smallest absolute Gasteiger partial charge is 0.291 e. The molecule has 0 aliphatic heterocycles. The molecule has 2 N–H and O–H groups in total. The van der Waals surface area contributed by atoms with Gasteiger partial charge < -0.3 is 0 Å². The summed E-state index contributed by atoms with van der Waals surface area (Å²) in [6, 6.07) is 0.